The average molecular weight is 170 g/mol. The van der Waals surface area contributed by atoms with Crippen LogP contribution in [0.2, 0.25) is 0 Å². The lowest BCUT2D eigenvalue weighted by atomic mass is 9.95. The van der Waals surface area contributed by atoms with Crippen LogP contribution >= 0.6 is 0 Å². The van der Waals surface area contributed by atoms with Gasteiger partial charge in [0.2, 0.25) is 0 Å². The fourth-order valence-corrected chi connectivity index (χ4v) is 2.05. The van der Waals surface area contributed by atoms with Crippen molar-refractivity contribution in [2.24, 2.45) is 0 Å². The Hall–Kier alpha value is -0.530. The molecule has 0 bridgehead atoms. The van der Waals surface area contributed by atoms with E-state index in [0.29, 0.717) is 6.47 Å². The first-order chi connectivity index (χ1) is 5.83. The van der Waals surface area contributed by atoms with Crippen molar-refractivity contribution in [3.63, 3.8) is 0 Å². The van der Waals surface area contributed by atoms with Crippen molar-refractivity contribution in [2.75, 3.05) is 0 Å². The Bertz CT molecular complexity index is 137. The summed E-state index contributed by atoms with van der Waals surface area (Å²) in [5.74, 6) is 0. The number of rotatable bonds is 5. The molecular weight excluding hydrogens is 152 g/mol. The lowest BCUT2D eigenvalue weighted by Gasteiger charge is -2.26. The number of unbranched alkanes of at least 4 members (excludes halogenated alkanes) is 1. The normalized spacial score (nSPS) is 20.8. The third kappa shape index (κ3) is 2.23. The number of ether oxygens (including phenoxy) is 1. The standard InChI is InChI=1S/C10H18O2/c1-2-3-6-10(12-9-11)7-4-5-8-10/h9H,2-8H2,1H3. The molecule has 0 aromatic heterocycles. The van der Waals surface area contributed by atoms with Crippen molar-refractivity contribution >= 4 is 6.47 Å². The van der Waals surface area contributed by atoms with E-state index in [2.05, 4.69) is 6.92 Å². The van der Waals surface area contributed by atoms with Crippen LogP contribution in [0, 0.1) is 0 Å². The third-order valence-electron chi connectivity index (χ3n) is 2.80. The molecule has 0 amide bonds. The molecule has 12 heavy (non-hydrogen) atoms. The van der Waals surface area contributed by atoms with Gasteiger partial charge in [-0.15, -0.1) is 0 Å². The number of carbonyl (C=O) groups excluding carboxylic acids is 1. The summed E-state index contributed by atoms with van der Waals surface area (Å²) in [4.78, 5) is 10.3. The lowest BCUT2D eigenvalue weighted by molar-refractivity contribution is -0.143. The van der Waals surface area contributed by atoms with E-state index in [0.717, 1.165) is 19.3 Å². The summed E-state index contributed by atoms with van der Waals surface area (Å²) in [6.07, 6.45) is 8.01. The van der Waals surface area contributed by atoms with Crippen molar-refractivity contribution in [1.82, 2.24) is 0 Å². The number of carbonyl (C=O) groups is 1. The predicted octanol–water partition coefficient (Wildman–Crippen LogP) is 2.66. The minimum Gasteiger partial charge on any atom is -0.461 e. The molecule has 0 saturated heterocycles. The summed E-state index contributed by atoms with van der Waals surface area (Å²) in [6.45, 7) is 2.80. The summed E-state index contributed by atoms with van der Waals surface area (Å²) in [6, 6.07) is 0. The molecule has 0 aromatic rings. The van der Waals surface area contributed by atoms with Crippen molar-refractivity contribution in [3.8, 4) is 0 Å². The second-order valence-electron chi connectivity index (χ2n) is 3.71. The molecule has 0 aliphatic heterocycles. The largest absolute Gasteiger partial charge is 0.461 e. The van der Waals surface area contributed by atoms with Gasteiger partial charge in [0.1, 0.15) is 5.60 Å². The van der Waals surface area contributed by atoms with Gasteiger partial charge in [-0.3, -0.25) is 4.79 Å². The molecule has 2 heteroatoms. The molecule has 1 fully saturated rings. The minimum absolute atomic E-state index is 0.0717. The maximum absolute atomic E-state index is 10.3. The van der Waals surface area contributed by atoms with Crippen LogP contribution in [0.1, 0.15) is 51.9 Å². The summed E-state index contributed by atoms with van der Waals surface area (Å²) in [5, 5.41) is 0. The lowest BCUT2D eigenvalue weighted by Crippen LogP contribution is -2.28. The zero-order valence-corrected chi connectivity index (χ0v) is 7.84. The van der Waals surface area contributed by atoms with Gasteiger partial charge in [-0.1, -0.05) is 13.3 Å². The Kier molecular flexibility index (Phi) is 3.57. The van der Waals surface area contributed by atoms with Gasteiger partial charge in [-0.05, 0) is 38.5 Å². The summed E-state index contributed by atoms with van der Waals surface area (Å²) >= 11 is 0. The van der Waals surface area contributed by atoms with Gasteiger partial charge in [-0.25, -0.2) is 0 Å². The maximum Gasteiger partial charge on any atom is 0.293 e. The number of hydrogen-bond acceptors (Lipinski definition) is 2. The van der Waals surface area contributed by atoms with Gasteiger partial charge >= 0.3 is 0 Å². The highest BCUT2D eigenvalue weighted by Crippen LogP contribution is 2.36. The van der Waals surface area contributed by atoms with E-state index in [-0.39, 0.29) is 5.60 Å². The van der Waals surface area contributed by atoms with Crippen LogP contribution in [0.25, 0.3) is 0 Å². The molecule has 0 radical (unpaired) electrons. The van der Waals surface area contributed by atoms with Crippen molar-refractivity contribution in [2.45, 2.75) is 57.5 Å². The van der Waals surface area contributed by atoms with Crippen molar-refractivity contribution < 1.29 is 9.53 Å². The summed E-state index contributed by atoms with van der Waals surface area (Å²) in [5.41, 5.74) is -0.0717. The highest BCUT2D eigenvalue weighted by molar-refractivity contribution is 5.38. The van der Waals surface area contributed by atoms with Crippen molar-refractivity contribution in [3.05, 3.63) is 0 Å². The molecule has 0 N–H and O–H groups in total. The van der Waals surface area contributed by atoms with E-state index in [4.69, 9.17) is 4.74 Å². The highest BCUT2D eigenvalue weighted by atomic mass is 16.5. The molecule has 0 aromatic carbocycles. The van der Waals surface area contributed by atoms with Gasteiger partial charge in [-0.2, -0.15) is 0 Å². The van der Waals surface area contributed by atoms with E-state index >= 15 is 0 Å². The topological polar surface area (TPSA) is 26.3 Å². The highest BCUT2D eigenvalue weighted by Gasteiger charge is 2.34. The summed E-state index contributed by atoms with van der Waals surface area (Å²) in [7, 11) is 0. The molecule has 1 aliphatic rings. The monoisotopic (exact) mass is 170 g/mol. The molecule has 70 valence electrons. The molecule has 1 rings (SSSR count). The maximum atomic E-state index is 10.3. The molecule has 0 spiro atoms. The Morgan fingerprint density at radius 3 is 2.58 bits per heavy atom. The zero-order chi connectivity index (χ0) is 8.86. The van der Waals surface area contributed by atoms with Gasteiger partial charge < -0.3 is 4.74 Å². The Labute approximate surface area is 74.3 Å². The Morgan fingerprint density at radius 2 is 2.08 bits per heavy atom. The van der Waals surface area contributed by atoms with E-state index in [1.807, 2.05) is 0 Å². The van der Waals surface area contributed by atoms with E-state index in [1.54, 1.807) is 0 Å². The molecule has 0 atom stereocenters. The second-order valence-corrected chi connectivity index (χ2v) is 3.71. The summed E-state index contributed by atoms with van der Waals surface area (Å²) < 4.78 is 5.21. The van der Waals surface area contributed by atoms with Crippen LogP contribution in [0.15, 0.2) is 0 Å². The first-order valence-electron chi connectivity index (χ1n) is 4.94. The van der Waals surface area contributed by atoms with Crippen molar-refractivity contribution in [1.29, 1.82) is 0 Å². The van der Waals surface area contributed by atoms with Gasteiger partial charge in [0.05, 0.1) is 0 Å². The fourth-order valence-electron chi connectivity index (χ4n) is 2.05. The Balaban J connectivity index is 2.40. The van der Waals surface area contributed by atoms with Crippen LogP contribution in [-0.2, 0) is 9.53 Å². The van der Waals surface area contributed by atoms with Gasteiger partial charge in [0.15, 0.2) is 0 Å². The third-order valence-corrected chi connectivity index (χ3v) is 2.80. The van der Waals surface area contributed by atoms with Crippen LogP contribution in [0.3, 0.4) is 0 Å². The molecule has 1 aliphatic carbocycles. The smallest absolute Gasteiger partial charge is 0.293 e. The van der Waals surface area contributed by atoms with Crippen LogP contribution in [0.4, 0.5) is 0 Å². The molecule has 0 heterocycles. The van der Waals surface area contributed by atoms with Crippen LogP contribution in [-0.4, -0.2) is 12.1 Å². The fraction of sp³-hybridized carbons (Fsp3) is 0.900. The molecule has 0 unspecified atom stereocenters. The van der Waals surface area contributed by atoms with Crippen LogP contribution < -0.4 is 0 Å². The average Bonchev–Trinajstić information content (AvgIpc) is 2.51. The first-order valence-corrected chi connectivity index (χ1v) is 4.94. The Morgan fingerprint density at radius 1 is 1.42 bits per heavy atom. The number of hydrogen-bond donors (Lipinski definition) is 0. The second kappa shape index (κ2) is 4.48. The quantitative estimate of drug-likeness (QED) is 0.593. The van der Waals surface area contributed by atoms with E-state index in [1.165, 1.54) is 25.7 Å². The zero-order valence-electron chi connectivity index (χ0n) is 7.84. The molecule has 1 saturated carbocycles. The van der Waals surface area contributed by atoms with E-state index < -0.39 is 0 Å². The SMILES string of the molecule is CCCCC1(OC=O)CCCC1. The van der Waals surface area contributed by atoms with Crippen LogP contribution in [0.5, 0.6) is 0 Å². The molecule has 2 nitrogen and oxygen atoms in total. The van der Waals surface area contributed by atoms with Gasteiger partial charge in [0.25, 0.3) is 6.47 Å². The van der Waals surface area contributed by atoms with E-state index in [9.17, 15) is 4.79 Å². The first kappa shape index (κ1) is 9.56. The predicted molar refractivity (Wildman–Crippen MR) is 47.9 cm³/mol. The van der Waals surface area contributed by atoms with Gasteiger partial charge in [0, 0.05) is 0 Å². The minimum atomic E-state index is -0.0717. The molecular formula is C10H18O2.